The van der Waals surface area contributed by atoms with Crippen LogP contribution in [0.5, 0.6) is 0 Å². The summed E-state index contributed by atoms with van der Waals surface area (Å²) in [6.07, 6.45) is 0.533. The van der Waals surface area contributed by atoms with E-state index in [1.165, 1.54) is 12.1 Å². The van der Waals surface area contributed by atoms with Gasteiger partial charge in [0.25, 0.3) is 5.69 Å². The molecule has 0 fully saturated rings. The largest absolute Gasteiger partial charge is 0.440 e. The highest BCUT2D eigenvalue weighted by Gasteiger charge is 2.17. The average Bonchev–Trinajstić information content (AvgIpc) is 3.27. The molecule has 0 aliphatic heterocycles. The quantitative estimate of drug-likeness (QED) is 0.309. The molecule has 1 N–H and O–H groups in total. The van der Waals surface area contributed by atoms with E-state index in [-0.39, 0.29) is 24.6 Å². The topological polar surface area (TPSA) is 98.3 Å². The van der Waals surface area contributed by atoms with Crippen molar-refractivity contribution in [3.63, 3.8) is 0 Å². The van der Waals surface area contributed by atoms with Gasteiger partial charge in [0, 0.05) is 42.6 Å². The molecule has 160 valence electrons. The third-order valence-electron chi connectivity index (χ3n) is 4.93. The van der Waals surface area contributed by atoms with Crippen LogP contribution in [0.15, 0.2) is 89.3 Å². The van der Waals surface area contributed by atoms with Crippen molar-refractivity contribution in [1.29, 1.82) is 0 Å². The number of amides is 1. The molecule has 0 bridgehead atoms. The number of oxazole rings is 1. The van der Waals surface area contributed by atoms with Gasteiger partial charge >= 0.3 is 0 Å². The fourth-order valence-corrected chi connectivity index (χ4v) is 3.34. The van der Waals surface area contributed by atoms with Gasteiger partial charge in [-0.3, -0.25) is 14.9 Å². The summed E-state index contributed by atoms with van der Waals surface area (Å²) in [6, 6.07) is 25.7. The lowest BCUT2D eigenvalue weighted by Gasteiger charge is -2.04. The molecular weight excluding hydrogens is 406 g/mol. The molecule has 0 spiro atoms. The standard InChI is InChI=1S/C25H21N3O4/c29-22(26-17-18-8-7-13-21(16-18)28(30)31)14-15-23-27-24(19-9-3-1-4-10-19)25(32-23)20-11-5-2-6-12-20/h1-13,16H,14-15,17H2,(H,26,29). The number of nitro benzene ring substituents is 1. The van der Waals surface area contributed by atoms with E-state index >= 15 is 0 Å². The third-order valence-corrected chi connectivity index (χ3v) is 4.93. The van der Waals surface area contributed by atoms with E-state index in [1.807, 2.05) is 60.7 Å². The zero-order chi connectivity index (χ0) is 22.3. The molecule has 0 atom stereocenters. The molecule has 7 heteroatoms. The van der Waals surface area contributed by atoms with Crippen LogP contribution in [0.3, 0.4) is 0 Å². The van der Waals surface area contributed by atoms with E-state index < -0.39 is 4.92 Å². The Hall–Kier alpha value is -4.26. The molecule has 4 aromatic rings. The van der Waals surface area contributed by atoms with Crippen molar-refractivity contribution in [1.82, 2.24) is 10.3 Å². The maximum absolute atomic E-state index is 12.3. The van der Waals surface area contributed by atoms with E-state index in [9.17, 15) is 14.9 Å². The molecule has 0 radical (unpaired) electrons. The third kappa shape index (κ3) is 5.07. The number of benzene rings is 3. The van der Waals surface area contributed by atoms with Crippen molar-refractivity contribution in [3.05, 3.63) is 106 Å². The van der Waals surface area contributed by atoms with Gasteiger partial charge in [0.15, 0.2) is 11.7 Å². The number of nitro groups is 1. The fourth-order valence-electron chi connectivity index (χ4n) is 3.34. The molecule has 0 saturated carbocycles. The van der Waals surface area contributed by atoms with Crippen LogP contribution in [0.1, 0.15) is 17.9 Å². The summed E-state index contributed by atoms with van der Waals surface area (Å²) in [6.45, 7) is 0.219. The van der Waals surface area contributed by atoms with Crippen molar-refractivity contribution in [2.45, 2.75) is 19.4 Å². The first kappa shape index (κ1) is 21.0. The number of aromatic nitrogens is 1. The number of rotatable bonds is 8. The molecule has 1 heterocycles. The van der Waals surface area contributed by atoms with E-state index in [1.54, 1.807) is 12.1 Å². The normalized spacial score (nSPS) is 10.6. The van der Waals surface area contributed by atoms with Crippen molar-refractivity contribution >= 4 is 11.6 Å². The number of hydrogen-bond donors (Lipinski definition) is 1. The molecule has 32 heavy (non-hydrogen) atoms. The molecule has 1 aromatic heterocycles. The molecule has 7 nitrogen and oxygen atoms in total. The van der Waals surface area contributed by atoms with Crippen LogP contribution in [0.2, 0.25) is 0 Å². The van der Waals surface area contributed by atoms with Crippen LogP contribution in [-0.4, -0.2) is 15.8 Å². The first-order valence-electron chi connectivity index (χ1n) is 10.2. The van der Waals surface area contributed by atoms with Gasteiger partial charge in [-0.15, -0.1) is 0 Å². The van der Waals surface area contributed by atoms with Crippen LogP contribution in [0, 0.1) is 10.1 Å². The van der Waals surface area contributed by atoms with Crippen LogP contribution >= 0.6 is 0 Å². The maximum Gasteiger partial charge on any atom is 0.269 e. The predicted octanol–water partition coefficient (Wildman–Crippen LogP) is 5.17. The van der Waals surface area contributed by atoms with Gasteiger partial charge in [-0.2, -0.15) is 0 Å². The van der Waals surface area contributed by atoms with Crippen molar-refractivity contribution < 1.29 is 14.1 Å². The molecular formula is C25H21N3O4. The summed E-state index contributed by atoms with van der Waals surface area (Å²) in [5.74, 6) is 0.967. The number of carbonyl (C=O) groups excluding carboxylic acids is 1. The lowest BCUT2D eigenvalue weighted by atomic mass is 10.1. The molecule has 4 rings (SSSR count). The first-order valence-corrected chi connectivity index (χ1v) is 10.2. The van der Waals surface area contributed by atoms with Crippen LogP contribution in [0.25, 0.3) is 22.6 Å². The summed E-state index contributed by atoms with van der Waals surface area (Å²) < 4.78 is 6.04. The fraction of sp³-hybridized carbons (Fsp3) is 0.120. The Labute approximate surface area is 184 Å². The number of non-ortho nitro benzene ring substituents is 1. The van der Waals surface area contributed by atoms with Gasteiger partial charge in [-0.05, 0) is 5.56 Å². The zero-order valence-corrected chi connectivity index (χ0v) is 17.2. The van der Waals surface area contributed by atoms with Crippen LogP contribution < -0.4 is 5.32 Å². The van der Waals surface area contributed by atoms with Gasteiger partial charge in [-0.1, -0.05) is 72.8 Å². The van der Waals surface area contributed by atoms with Crippen molar-refractivity contribution in [2.24, 2.45) is 0 Å². The number of carbonyl (C=O) groups is 1. The molecule has 0 aliphatic carbocycles. The Bertz CT molecular complexity index is 1160. The Balaban J connectivity index is 1.44. The minimum atomic E-state index is -0.456. The second-order valence-electron chi connectivity index (χ2n) is 7.22. The molecule has 3 aromatic carbocycles. The predicted molar refractivity (Wildman–Crippen MR) is 121 cm³/mol. The average molecular weight is 427 g/mol. The van der Waals surface area contributed by atoms with Gasteiger partial charge in [-0.25, -0.2) is 4.98 Å². The summed E-state index contributed by atoms with van der Waals surface area (Å²) in [5.41, 5.74) is 3.26. The molecule has 0 unspecified atom stereocenters. The highest BCUT2D eigenvalue weighted by molar-refractivity contribution is 5.78. The molecule has 0 aliphatic rings. The highest BCUT2D eigenvalue weighted by Crippen LogP contribution is 2.32. The van der Waals surface area contributed by atoms with Gasteiger partial charge in [0.2, 0.25) is 5.91 Å². The SMILES string of the molecule is O=C(CCc1nc(-c2ccccc2)c(-c2ccccc2)o1)NCc1cccc([N+](=O)[O-])c1. The minimum absolute atomic E-state index is 0.00147. The number of hydrogen-bond acceptors (Lipinski definition) is 5. The van der Waals surface area contributed by atoms with Crippen molar-refractivity contribution in [3.8, 4) is 22.6 Å². The summed E-state index contributed by atoms with van der Waals surface area (Å²) in [4.78, 5) is 27.4. The summed E-state index contributed by atoms with van der Waals surface area (Å²) >= 11 is 0. The van der Waals surface area contributed by atoms with Crippen LogP contribution in [0.4, 0.5) is 5.69 Å². The molecule has 1 amide bonds. The van der Waals surface area contributed by atoms with Gasteiger partial charge in [0.05, 0.1) is 4.92 Å². The molecule has 0 saturated heterocycles. The maximum atomic E-state index is 12.3. The van der Waals surface area contributed by atoms with E-state index in [2.05, 4.69) is 10.3 Å². The monoisotopic (exact) mass is 427 g/mol. The van der Waals surface area contributed by atoms with Gasteiger partial charge in [0.1, 0.15) is 5.69 Å². The van der Waals surface area contributed by atoms with Crippen LogP contribution in [-0.2, 0) is 17.8 Å². The highest BCUT2D eigenvalue weighted by atomic mass is 16.6. The lowest BCUT2D eigenvalue weighted by Crippen LogP contribution is -2.23. The zero-order valence-electron chi connectivity index (χ0n) is 17.2. The second-order valence-corrected chi connectivity index (χ2v) is 7.22. The Morgan fingerprint density at radius 3 is 2.31 bits per heavy atom. The lowest BCUT2D eigenvalue weighted by molar-refractivity contribution is -0.384. The Morgan fingerprint density at radius 2 is 1.62 bits per heavy atom. The number of aryl methyl sites for hydroxylation is 1. The first-order chi connectivity index (χ1) is 15.6. The minimum Gasteiger partial charge on any atom is -0.440 e. The summed E-state index contributed by atoms with van der Waals surface area (Å²) in [7, 11) is 0. The smallest absolute Gasteiger partial charge is 0.269 e. The van der Waals surface area contributed by atoms with E-state index in [4.69, 9.17) is 4.42 Å². The van der Waals surface area contributed by atoms with E-state index in [0.29, 0.717) is 23.6 Å². The second kappa shape index (κ2) is 9.70. The number of nitrogens with zero attached hydrogens (tertiary/aromatic N) is 2. The summed E-state index contributed by atoms with van der Waals surface area (Å²) in [5, 5.41) is 13.7. The Morgan fingerprint density at radius 1 is 0.938 bits per heavy atom. The Kier molecular flexibility index (Phi) is 6.36. The number of nitrogens with one attached hydrogen (secondary N) is 1. The van der Waals surface area contributed by atoms with Gasteiger partial charge < -0.3 is 9.73 Å². The van der Waals surface area contributed by atoms with Crippen molar-refractivity contribution in [2.75, 3.05) is 0 Å². The van der Waals surface area contributed by atoms with E-state index in [0.717, 1.165) is 16.8 Å².